The van der Waals surface area contributed by atoms with Crippen LogP contribution in [0.1, 0.15) is 12.6 Å². The molecule has 3 rings (SSSR count). The lowest BCUT2D eigenvalue weighted by Gasteiger charge is -2.11. The minimum atomic E-state index is 0.481. The van der Waals surface area contributed by atoms with Gasteiger partial charge in [0.05, 0.1) is 17.3 Å². The number of aromatic nitrogens is 2. The van der Waals surface area contributed by atoms with Crippen LogP contribution in [0, 0.1) is 6.92 Å². The number of anilines is 4. The van der Waals surface area contributed by atoms with Crippen molar-refractivity contribution in [3.05, 3.63) is 64.3 Å². The summed E-state index contributed by atoms with van der Waals surface area (Å²) in [6, 6.07) is 14.7. The fourth-order valence-electron chi connectivity index (χ4n) is 2.35. The highest BCUT2D eigenvalue weighted by Gasteiger charge is 2.07. The second-order valence-corrected chi connectivity index (χ2v) is 6.39. The van der Waals surface area contributed by atoms with E-state index in [9.17, 15) is 0 Å². The van der Waals surface area contributed by atoms with Gasteiger partial charge in [0.15, 0.2) is 0 Å². The molecule has 134 valence electrons. The molecule has 1 heterocycles. The second kappa shape index (κ2) is 8.25. The third-order valence-electron chi connectivity index (χ3n) is 3.47. The first-order valence-electron chi connectivity index (χ1n) is 8.11. The van der Waals surface area contributed by atoms with Crippen LogP contribution in [-0.4, -0.2) is 16.6 Å². The van der Waals surface area contributed by atoms with Crippen molar-refractivity contribution in [3.63, 3.8) is 0 Å². The zero-order valence-corrected chi connectivity index (χ0v) is 15.9. The number of halogens is 2. The van der Waals surface area contributed by atoms with Gasteiger partial charge in [-0.15, -0.1) is 0 Å². The summed E-state index contributed by atoms with van der Waals surface area (Å²) in [5.74, 6) is 1.92. The topological polar surface area (TPSA) is 59.1 Å². The lowest BCUT2D eigenvalue weighted by molar-refractivity contribution is 0.340. The standard InChI is InChI=1S/C19H18Cl2N4O/c1-3-26-15-7-5-14(6-8-15)23-19-22-12(2)10-18(25-19)24-17-11-13(20)4-9-16(17)21/h4-11H,3H2,1-2H3,(H2,22,23,24,25). The number of nitrogens with one attached hydrogen (secondary N) is 2. The Morgan fingerprint density at radius 1 is 0.962 bits per heavy atom. The molecule has 7 heteroatoms. The van der Waals surface area contributed by atoms with Crippen molar-refractivity contribution in [2.24, 2.45) is 0 Å². The molecule has 0 aliphatic rings. The molecule has 0 aliphatic heterocycles. The number of ether oxygens (including phenoxy) is 1. The van der Waals surface area contributed by atoms with Crippen molar-refractivity contribution in [2.75, 3.05) is 17.2 Å². The molecule has 26 heavy (non-hydrogen) atoms. The minimum Gasteiger partial charge on any atom is -0.494 e. The third kappa shape index (κ3) is 4.77. The molecule has 0 bridgehead atoms. The van der Waals surface area contributed by atoms with Gasteiger partial charge in [-0.3, -0.25) is 0 Å². The maximum absolute atomic E-state index is 6.20. The van der Waals surface area contributed by atoms with Crippen LogP contribution in [0.3, 0.4) is 0 Å². The van der Waals surface area contributed by atoms with Gasteiger partial charge in [-0.2, -0.15) is 4.98 Å². The number of benzene rings is 2. The SMILES string of the molecule is CCOc1ccc(Nc2nc(C)cc(Nc3cc(Cl)ccc3Cl)n2)cc1. The molecule has 0 saturated heterocycles. The first-order valence-corrected chi connectivity index (χ1v) is 8.86. The molecule has 0 aliphatic carbocycles. The Morgan fingerprint density at radius 3 is 2.46 bits per heavy atom. The quantitative estimate of drug-likeness (QED) is 0.543. The summed E-state index contributed by atoms with van der Waals surface area (Å²) < 4.78 is 5.44. The summed E-state index contributed by atoms with van der Waals surface area (Å²) >= 11 is 12.2. The normalized spacial score (nSPS) is 10.5. The Bertz CT molecular complexity index is 901. The molecule has 0 unspecified atom stereocenters. The van der Waals surface area contributed by atoms with Crippen molar-refractivity contribution < 1.29 is 4.74 Å². The number of aryl methyl sites for hydroxylation is 1. The van der Waals surface area contributed by atoms with E-state index in [0.29, 0.717) is 34.1 Å². The molecule has 2 aromatic carbocycles. The average molecular weight is 389 g/mol. The molecule has 1 aromatic heterocycles. The fraction of sp³-hybridized carbons (Fsp3) is 0.158. The molecule has 3 aromatic rings. The molecule has 0 saturated carbocycles. The van der Waals surface area contributed by atoms with Gasteiger partial charge in [0.1, 0.15) is 11.6 Å². The number of rotatable bonds is 6. The summed E-state index contributed by atoms with van der Waals surface area (Å²) in [6.45, 7) is 4.48. The number of hydrogen-bond donors (Lipinski definition) is 2. The van der Waals surface area contributed by atoms with Crippen LogP contribution in [-0.2, 0) is 0 Å². The lowest BCUT2D eigenvalue weighted by atomic mass is 10.3. The Kier molecular flexibility index (Phi) is 5.81. The fourth-order valence-corrected chi connectivity index (χ4v) is 2.69. The third-order valence-corrected chi connectivity index (χ3v) is 4.03. The Morgan fingerprint density at radius 2 is 1.73 bits per heavy atom. The van der Waals surface area contributed by atoms with E-state index in [-0.39, 0.29) is 0 Å². The van der Waals surface area contributed by atoms with E-state index in [4.69, 9.17) is 27.9 Å². The highest BCUT2D eigenvalue weighted by atomic mass is 35.5. The zero-order valence-electron chi connectivity index (χ0n) is 14.4. The monoisotopic (exact) mass is 388 g/mol. The van der Waals surface area contributed by atoms with Gasteiger partial charge in [-0.25, -0.2) is 4.98 Å². The van der Waals surface area contributed by atoms with E-state index in [1.54, 1.807) is 18.2 Å². The Labute approximate surface area is 162 Å². The number of hydrogen-bond acceptors (Lipinski definition) is 5. The van der Waals surface area contributed by atoms with Crippen molar-refractivity contribution in [1.82, 2.24) is 9.97 Å². The van der Waals surface area contributed by atoms with Crippen LogP contribution in [0.25, 0.3) is 0 Å². The van der Waals surface area contributed by atoms with Crippen molar-refractivity contribution in [3.8, 4) is 5.75 Å². The van der Waals surface area contributed by atoms with Crippen LogP contribution >= 0.6 is 23.2 Å². The summed E-state index contributed by atoms with van der Waals surface area (Å²) in [4.78, 5) is 8.90. The molecule has 0 radical (unpaired) electrons. The molecule has 5 nitrogen and oxygen atoms in total. The van der Waals surface area contributed by atoms with Crippen molar-refractivity contribution in [1.29, 1.82) is 0 Å². The van der Waals surface area contributed by atoms with Crippen molar-refractivity contribution >= 4 is 46.3 Å². The molecular formula is C19H18Cl2N4O. The smallest absolute Gasteiger partial charge is 0.229 e. The van der Waals surface area contributed by atoms with E-state index in [1.165, 1.54) is 0 Å². The van der Waals surface area contributed by atoms with E-state index >= 15 is 0 Å². The van der Waals surface area contributed by atoms with Gasteiger partial charge in [0, 0.05) is 22.5 Å². The van der Waals surface area contributed by atoms with Gasteiger partial charge in [-0.1, -0.05) is 23.2 Å². The van der Waals surface area contributed by atoms with Crippen LogP contribution < -0.4 is 15.4 Å². The van der Waals surface area contributed by atoms with Gasteiger partial charge < -0.3 is 15.4 Å². The van der Waals surface area contributed by atoms with Crippen LogP contribution in [0.5, 0.6) is 5.75 Å². The highest BCUT2D eigenvalue weighted by Crippen LogP contribution is 2.28. The summed E-state index contributed by atoms with van der Waals surface area (Å²) in [6.07, 6.45) is 0. The number of nitrogens with zero attached hydrogens (tertiary/aromatic N) is 2. The molecule has 2 N–H and O–H groups in total. The van der Waals surface area contributed by atoms with Gasteiger partial charge >= 0.3 is 0 Å². The minimum absolute atomic E-state index is 0.481. The van der Waals surface area contributed by atoms with Gasteiger partial charge in [0.2, 0.25) is 5.95 Å². The van der Waals surface area contributed by atoms with E-state index < -0.39 is 0 Å². The van der Waals surface area contributed by atoms with Crippen LogP contribution in [0.4, 0.5) is 23.1 Å². The Balaban J connectivity index is 1.80. The Hall–Kier alpha value is -2.50. The van der Waals surface area contributed by atoms with Crippen molar-refractivity contribution in [2.45, 2.75) is 13.8 Å². The molecule has 0 spiro atoms. The van der Waals surface area contributed by atoms with E-state index in [2.05, 4.69) is 20.6 Å². The molecule has 0 fully saturated rings. The first-order chi connectivity index (χ1) is 12.5. The maximum Gasteiger partial charge on any atom is 0.229 e. The van der Waals surface area contributed by atoms with Crippen LogP contribution in [0.15, 0.2) is 48.5 Å². The average Bonchev–Trinajstić information content (AvgIpc) is 2.60. The van der Waals surface area contributed by atoms with Gasteiger partial charge in [0.25, 0.3) is 0 Å². The van der Waals surface area contributed by atoms with E-state index in [1.807, 2.05) is 44.2 Å². The van der Waals surface area contributed by atoms with E-state index in [0.717, 1.165) is 17.1 Å². The largest absolute Gasteiger partial charge is 0.494 e. The highest BCUT2D eigenvalue weighted by molar-refractivity contribution is 6.35. The molecular weight excluding hydrogens is 371 g/mol. The lowest BCUT2D eigenvalue weighted by Crippen LogP contribution is -2.02. The summed E-state index contributed by atoms with van der Waals surface area (Å²) in [7, 11) is 0. The summed E-state index contributed by atoms with van der Waals surface area (Å²) in [5, 5.41) is 7.52. The molecule has 0 amide bonds. The predicted octanol–water partition coefficient (Wildman–Crippen LogP) is 5.98. The molecule has 0 atom stereocenters. The second-order valence-electron chi connectivity index (χ2n) is 5.55. The predicted molar refractivity (Wildman–Crippen MR) is 107 cm³/mol. The maximum atomic E-state index is 6.20. The summed E-state index contributed by atoms with van der Waals surface area (Å²) in [5.41, 5.74) is 2.36. The zero-order chi connectivity index (χ0) is 18.5. The van der Waals surface area contributed by atoms with Gasteiger partial charge in [-0.05, 0) is 56.3 Å². The first kappa shape index (κ1) is 18.3. The van der Waals surface area contributed by atoms with Crippen LogP contribution in [0.2, 0.25) is 10.0 Å².